The van der Waals surface area contributed by atoms with Gasteiger partial charge < -0.3 is 4.42 Å². The number of aryl methyl sites for hydroxylation is 2. The van der Waals surface area contributed by atoms with Crippen LogP contribution in [0.2, 0.25) is 0 Å². The van der Waals surface area contributed by atoms with Crippen LogP contribution < -0.4 is 4.90 Å². The molecule has 2 aromatic rings. The van der Waals surface area contributed by atoms with Crippen molar-refractivity contribution in [3.8, 4) is 11.5 Å². The molecule has 6 heteroatoms. The van der Waals surface area contributed by atoms with Gasteiger partial charge in [-0.15, -0.1) is 16.7 Å². The highest BCUT2D eigenvalue weighted by atomic mass is 35.5. The highest BCUT2D eigenvalue weighted by Crippen LogP contribution is 2.28. The van der Waals surface area contributed by atoms with Crippen LogP contribution >= 0.6 is 11.6 Å². The number of carbonyl (C=O) groups excluding carboxylic acids is 1. The summed E-state index contributed by atoms with van der Waals surface area (Å²) in [6.45, 7) is 4.43. The minimum Gasteiger partial charge on any atom is -0.403 e. The van der Waals surface area contributed by atoms with Crippen molar-refractivity contribution in [1.29, 1.82) is 0 Å². The van der Waals surface area contributed by atoms with Crippen molar-refractivity contribution in [2.24, 2.45) is 0 Å². The maximum atomic E-state index is 11.8. The smallest absolute Gasteiger partial charge is 0.325 e. The first kappa shape index (κ1) is 13.1. The second-order valence-electron chi connectivity index (χ2n) is 5.01. The first-order valence-electron chi connectivity index (χ1n) is 6.40. The van der Waals surface area contributed by atoms with Gasteiger partial charge in [0.2, 0.25) is 11.8 Å². The molecule has 5 nitrogen and oxygen atoms in total. The van der Waals surface area contributed by atoms with E-state index in [9.17, 15) is 4.79 Å². The second-order valence-corrected chi connectivity index (χ2v) is 5.63. The SMILES string of the molecule is Cc1ccc(-c2nnc(N3CC(Cl)CC3=O)o2)c(C)c1. The van der Waals surface area contributed by atoms with Crippen LogP contribution in [-0.4, -0.2) is 28.0 Å². The van der Waals surface area contributed by atoms with E-state index in [1.165, 1.54) is 10.5 Å². The van der Waals surface area contributed by atoms with Gasteiger partial charge in [-0.2, -0.15) is 0 Å². The zero-order chi connectivity index (χ0) is 14.3. The highest BCUT2D eigenvalue weighted by Gasteiger charge is 2.32. The third kappa shape index (κ3) is 2.29. The number of amides is 1. The average Bonchev–Trinajstić information content (AvgIpc) is 2.96. The molecule has 1 atom stereocenters. The van der Waals surface area contributed by atoms with Crippen LogP contribution in [0.25, 0.3) is 11.5 Å². The molecule has 1 fully saturated rings. The van der Waals surface area contributed by atoms with Gasteiger partial charge in [0.1, 0.15) is 0 Å². The summed E-state index contributed by atoms with van der Waals surface area (Å²) in [4.78, 5) is 13.2. The van der Waals surface area contributed by atoms with Gasteiger partial charge >= 0.3 is 6.01 Å². The van der Waals surface area contributed by atoms with Gasteiger partial charge in [-0.3, -0.25) is 9.69 Å². The lowest BCUT2D eigenvalue weighted by Crippen LogP contribution is -2.24. The summed E-state index contributed by atoms with van der Waals surface area (Å²) < 4.78 is 5.62. The van der Waals surface area contributed by atoms with Crippen molar-refractivity contribution in [1.82, 2.24) is 10.2 Å². The van der Waals surface area contributed by atoms with Gasteiger partial charge in [-0.1, -0.05) is 22.8 Å². The minimum atomic E-state index is -0.195. The van der Waals surface area contributed by atoms with Crippen LogP contribution in [0.1, 0.15) is 17.5 Å². The molecule has 0 spiro atoms. The third-order valence-corrected chi connectivity index (χ3v) is 3.63. The zero-order valence-electron chi connectivity index (χ0n) is 11.3. The monoisotopic (exact) mass is 291 g/mol. The topological polar surface area (TPSA) is 59.2 Å². The van der Waals surface area contributed by atoms with Crippen molar-refractivity contribution in [3.05, 3.63) is 29.3 Å². The summed E-state index contributed by atoms with van der Waals surface area (Å²) in [5.41, 5.74) is 3.11. The standard InChI is InChI=1S/C14H14ClN3O2/c1-8-3-4-11(9(2)5-8)13-16-17-14(20-13)18-7-10(15)6-12(18)19/h3-5,10H,6-7H2,1-2H3. The van der Waals surface area contributed by atoms with Crippen molar-refractivity contribution < 1.29 is 9.21 Å². The van der Waals surface area contributed by atoms with E-state index in [2.05, 4.69) is 16.3 Å². The Hall–Kier alpha value is -1.88. The number of aromatic nitrogens is 2. The Morgan fingerprint density at radius 1 is 1.35 bits per heavy atom. The molecule has 1 aliphatic rings. The number of halogens is 1. The van der Waals surface area contributed by atoms with Gasteiger partial charge in [0, 0.05) is 18.5 Å². The Labute approximate surface area is 121 Å². The summed E-state index contributed by atoms with van der Waals surface area (Å²) in [5, 5.41) is 7.78. The predicted octanol–water partition coefficient (Wildman–Crippen LogP) is 2.70. The van der Waals surface area contributed by atoms with Crippen LogP contribution in [0.4, 0.5) is 6.01 Å². The van der Waals surface area contributed by atoms with Gasteiger partial charge in [-0.25, -0.2) is 0 Å². The molecule has 1 aromatic carbocycles. The first-order valence-corrected chi connectivity index (χ1v) is 6.84. The summed E-state index contributed by atoms with van der Waals surface area (Å²) in [7, 11) is 0. The van der Waals surface area contributed by atoms with E-state index in [1.807, 2.05) is 26.0 Å². The van der Waals surface area contributed by atoms with E-state index < -0.39 is 0 Å². The highest BCUT2D eigenvalue weighted by molar-refractivity contribution is 6.24. The summed E-state index contributed by atoms with van der Waals surface area (Å²) in [6.07, 6.45) is 0.308. The molecule has 104 valence electrons. The lowest BCUT2D eigenvalue weighted by atomic mass is 10.1. The van der Waals surface area contributed by atoms with Crippen LogP contribution in [0, 0.1) is 13.8 Å². The molecule has 0 aliphatic carbocycles. The molecule has 1 aliphatic heterocycles. The normalized spacial score (nSPS) is 18.9. The number of hydrogen-bond donors (Lipinski definition) is 0. The Morgan fingerprint density at radius 3 is 2.80 bits per heavy atom. The summed E-state index contributed by atoms with van der Waals surface area (Å²) >= 11 is 5.97. The number of alkyl halides is 1. The molecule has 0 radical (unpaired) electrons. The fourth-order valence-corrected chi connectivity index (χ4v) is 2.61. The molecule has 0 N–H and O–H groups in total. The molecule has 1 amide bonds. The fraction of sp³-hybridized carbons (Fsp3) is 0.357. The number of carbonyl (C=O) groups is 1. The van der Waals surface area contributed by atoms with Crippen LogP contribution in [0.15, 0.2) is 22.6 Å². The van der Waals surface area contributed by atoms with Crippen molar-refractivity contribution in [3.63, 3.8) is 0 Å². The second kappa shape index (κ2) is 4.90. The first-order chi connectivity index (χ1) is 9.54. The maximum absolute atomic E-state index is 11.8. The number of benzene rings is 1. The van der Waals surface area contributed by atoms with E-state index in [0.717, 1.165) is 11.1 Å². The third-order valence-electron chi connectivity index (χ3n) is 3.34. The van der Waals surface area contributed by atoms with E-state index in [1.54, 1.807) is 0 Å². The lowest BCUT2D eigenvalue weighted by Gasteiger charge is -2.08. The van der Waals surface area contributed by atoms with E-state index in [0.29, 0.717) is 18.9 Å². The van der Waals surface area contributed by atoms with Gasteiger partial charge in [0.15, 0.2) is 0 Å². The number of hydrogen-bond acceptors (Lipinski definition) is 4. The van der Waals surface area contributed by atoms with Crippen molar-refractivity contribution >= 4 is 23.5 Å². The number of anilines is 1. The Bertz CT molecular complexity index is 668. The van der Waals surface area contributed by atoms with E-state index in [4.69, 9.17) is 16.0 Å². The van der Waals surface area contributed by atoms with E-state index in [-0.39, 0.29) is 17.3 Å². The Balaban J connectivity index is 1.92. The largest absolute Gasteiger partial charge is 0.403 e. The molecular formula is C14H14ClN3O2. The van der Waals surface area contributed by atoms with Crippen LogP contribution in [0.5, 0.6) is 0 Å². The quantitative estimate of drug-likeness (QED) is 0.798. The molecule has 3 rings (SSSR count). The Kier molecular flexibility index (Phi) is 3.22. The van der Waals surface area contributed by atoms with Gasteiger partial charge in [0.25, 0.3) is 0 Å². The predicted molar refractivity (Wildman–Crippen MR) is 75.8 cm³/mol. The molecule has 1 unspecified atom stereocenters. The van der Waals surface area contributed by atoms with Crippen molar-refractivity contribution in [2.45, 2.75) is 25.6 Å². The average molecular weight is 292 g/mol. The number of nitrogens with zero attached hydrogens (tertiary/aromatic N) is 3. The molecule has 20 heavy (non-hydrogen) atoms. The number of rotatable bonds is 2. The molecule has 1 aromatic heterocycles. The fourth-order valence-electron chi connectivity index (χ4n) is 2.34. The lowest BCUT2D eigenvalue weighted by molar-refractivity contribution is -0.117. The molecule has 2 heterocycles. The van der Waals surface area contributed by atoms with Crippen molar-refractivity contribution in [2.75, 3.05) is 11.4 Å². The van der Waals surface area contributed by atoms with Crippen LogP contribution in [-0.2, 0) is 4.79 Å². The molecule has 0 saturated carbocycles. The van der Waals surface area contributed by atoms with Crippen LogP contribution in [0.3, 0.4) is 0 Å². The molecule has 0 bridgehead atoms. The Morgan fingerprint density at radius 2 is 2.15 bits per heavy atom. The molecule has 1 saturated heterocycles. The minimum absolute atomic E-state index is 0.0826. The summed E-state index contributed by atoms with van der Waals surface area (Å²) in [6, 6.07) is 6.20. The van der Waals surface area contributed by atoms with E-state index >= 15 is 0 Å². The van der Waals surface area contributed by atoms with Gasteiger partial charge in [-0.05, 0) is 25.5 Å². The molecular weight excluding hydrogens is 278 g/mol. The zero-order valence-corrected chi connectivity index (χ0v) is 12.0. The van der Waals surface area contributed by atoms with Gasteiger partial charge in [0.05, 0.1) is 5.38 Å². The maximum Gasteiger partial charge on any atom is 0.325 e. The summed E-state index contributed by atoms with van der Waals surface area (Å²) in [5.74, 6) is 0.337.